The fourth-order valence-electron chi connectivity index (χ4n) is 7.34. The topological polar surface area (TPSA) is 28.9 Å². The van der Waals surface area contributed by atoms with Gasteiger partial charge in [0.15, 0.2) is 11.5 Å². The Bertz CT molecular complexity index is 2670. The second kappa shape index (κ2) is 12.4. The van der Waals surface area contributed by atoms with Gasteiger partial charge in [-0.25, -0.2) is 0 Å². The average Bonchev–Trinajstić information content (AvgIpc) is 3.59. The van der Waals surface area contributed by atoms with Crippen LogP contribution in [0.25, 0.3) is 44.2 Å². The molecule has 0 spiro atoms. The highest BCUT2D eigenvalue weighted by molar-refractivity contribution is 6.06. The van der Waals surface area contributed by atoms with Crippen molar-refractivity contribution in [2.24, 2.45) is 0 Å². The molecule has 0 unspecified atom stereocenters. The number of fused-ring (bicyclic) bond motifs is 5. The summed E-state index contributed by atoms with van der Waals surface area (Å²) >= 11 is 0. The number of nitrogens with zero attached hydrogens (tertiary/aromatic N) is 2. The molecule has 1 aromatic heterocycles. The summed E-state index contributed by atoms with van der Waals surface area (Å²) in [5.41, 5.74) is 12.6. The summed E-state index contributed by atoms with van der Waals surface area (Å²) in [6.45, 7) is 0. The zero-order chi connectivity index (χ0) is 34.4. The summed E-state index contributed by atoms with van der Waals surface area (Å²) in [6.07, 6.45) is 0. The second-order valence-corrected chi connectivity index (χ2v) is 13.0. The van der Waals surface area contributed by atoms with Crippen molar-refractivity contribution in [2.75, 3.05) is 9.80 Å². The normalized spacial score (nSPS) is 12.0. The van der Waals surface area contributed by atoms with Crippen molar-refractivity contribution in [1.29, 1.82) is 0 Å². The van der Waals surface area contributed by atoms with E-state index in [1.54, 1.807) is 0 Å². The van der Waals surface area contributed by atoms with Crippen molar-refractivity contribution >= 4 is 56.1 Å². The Morgan fingerprint density at radius 2 is 0.904 bits per heavy atom. The van der Waals surface area contributed by atoms with Gasteiger partial charge < -0.3 is 19.0 Å². The van der Waals surface area contributed by atoms with Crippen molar-refractivity contribution < 1.29 is 9.15 Å². The smallest absolute Gasteiger partial charge is 0.151 e. The lowest BCUT2D eigenvalue weighted by Crippen LogP contribution is -2.15. The van der Waals surface area contributed by atoms with Gasteiger partial charge in [-0.05, 0) is 101 Å². The number of para-hydroxylation sites is 5. The molecule has 0 amide bonds. The molecule has 0 aliphatic carbocycles. The fourth-order valence-corrected chi connectivity index (χ4v) is 7.34. The van der Waals surface area contributed by atoms with E-state index >= 15 is 0 Å². The largest absolute Gasteiger partial charge is 0.456 e. The van der Waals surface area contributed by atoms with Gasteiger partial charge in [-0.3, -0.25) is 0 Å². The minimum absolute atomic E-state index is 0.841. The van der Waals surface area contributed by atoms with E-state index in [2.05, 4.69) is 161 Å². The Hall–Kier alpha value is -7.04. The minimum Gasteiger partial charge on any atom is -0.456 e. The lowest BCUT2D eigenvalue weighted by molar-refractivity contribution is 0.477. The van der Waals surface area contributed by atoms with Crippen LogP contribution >= 0.6 is 0 Å². The van der Waals surface area contributed by atoms with E-state index in [1.165, 1.54) is 11.1 Å². The molecule has 10 rings (SSSR count). The van der Waals surface area contributed by atoms with E-state index < -0.39 is 0 Å². The lowest BCUT2D eigenvalue weighted by Gasteiger charge is -2.33. The maximum Gasteiger partial charge on any atom is 0.151 e. The van der Waals surface area contributed by atoms with E-state index in [1.807, 2.05) is 42.5 Å². The van der Waals surface area contributed by atoms with Crippen LogP contribution in [0.3, 0.4) is 0 Å². The van der Waals surface area contributed by atoms with Gasteiger partial charge in [0, 0.05) is 39.6 Å². The second-order valence-electron chi connectivity index (χ2n) is 13.0. The summed E-state index contributed by atoms with van der Waals surface area (Å²) in [5, 5.41) is 2.23. The molecule has 0 fully saturated rings. The van der Waals surface area contributed by atoms with Crippen LogP contribution in [0.4, 0.5) is 34.1 Å². The Morgan fingerprint density at radius 1 is 0.365 bits per heavy atom. The van der Waals surface area contributed by atoms with Gasteiger partial charge in [-0.15, -0.1) is 0 Å². The van der Waals surface area contributed by atoms with E-state index in [-0.39, 0.29) is 0 Å². The molecule has 1 aliphatic heterocycles. The monoisotopic (exact) mass is 668 g/mol. The maximum absolute atomic E-state index is 6.34. The summed E-state index contributed by atoms with van der Waals surface area (Å²) < 4.78 is 12.6. The van der Waals surface area contributed by atoms with Gasteiger partial charge in [0.25, 0.3) is 0 Å². The van der Waals surface area contributed by atoms with Gasteiger partial charge >= 0.3 is 0 Å². The standard InChI is InChI=1S/C48H32N2O2/c1-2-11-33(12-3-1)34-21-25-37(26-22-34)49(40-29-30-42-41-15-4-7-18-45(41)51-48(42)32-40)38-27-23-35(24-28-38)36-13-10-14-39(31-36)50-43-16-5-8-19-46(43)52-47-20-9-6-17-44(47)50/h1-32H. The van der Waals surface area contributed by atoms with Crippen LogP contribution in [0.5, 0.6) is 11.5 Å². The number of anilines is 6. The van der Waals surface area contributed by atoms with Crippen molar-refractivity contribution in [1.82, 2.24) is 0 Å². The third kappa shape index (κ3) is 5.17. The van der Waals surface area contributed by atoms with E-state index in [0.717, 1.165) is 78.7 Å². The number of ether oxygens (including phenoxy) is 1. The molecule has 4 heteroatoms. The van der Waals surface area contributed by atoms with Crippen LogP contribution in [0, 0.1) is 0 Å². The first-order valence-electron chi connectivity index (χ1n) is 17.5. The predicted octanol–water partition coefficient (Wildman–Crippen LogP) is 14.0. The molecule has 0 N–H and O–H groups in total. The van der Waals surface area contributed by atoms with Crippen LogP contribution in [0.2, 0.25) is 0 Å². The summed E-state index contributed by atoms with van der Waals surface area (Å²) in [5.74, 6) is 1.68. The predicted molar refractivity (Wildman–Crippen MR) is 214 cm³/mol. The number of hydrogen-bond acceptors (Lipinski definition) is 4. The Balaban J connectivity index is 1.04. The fraction of sp³-hybridized carbons (Fsp3) is 0. The van der Waals surface area contributed by atoms with Gasteiger partial charge in [0.2, 0.25) is 0 Å². The Morgan fingerprint density at radius 3 is 1.62 bits per heavy atom. The van der Waals surface area contributed by atoms with E-state index in [9.17, 15) is 0 Å². The number of benzene rings is 8. The number of rotatable bonds is 6. The Kier molecular flexibility index (Phi) is 7.10. The van der Waals surface area contributed by atoms with Crippen LogP contribution in [0.15, 0.2) is 199 Å². The maximum atomic E-state index is 6.34. The summed E-state index contributed by atoms with van der Waals surface area (Å²) in [7, 11) is 0. The number of furan rings is 1. The first-order chi connectivity index (χ1) is 25.8. The highest BCUT2D eigenvalue weighted by Crippen LogP contribution is 2.50. The quantitative estimate of drug-likeness (QED) is 0.176. The number of hydrogen-bond donors (Lipinski definition) is 0. The molecular formula is C48H32N2O2. The van der Waals surface area contributed by atoms with Crippen LogP contribution < -0.4 is 14.5 Å². The average molecular weight is 669 g/mol. The molecule has 2 heterocycles. The molecule has 0 bridgehead atoms. The molecule has 4 nitrogen and oxygen atoms in total. The summed E-state index contributed by atoms with van der Waals surface area (Å²) in [4.78, 5) is 4.57. The van der Waals surface area contributed by atoms with Crippen molar-refractivity contribution in [3.8, 4) is 33.8 Å². The third-order valence-corrected chi connectivity index (χ3v) is 9.85. The van der Waals surface area contributed by atoms with Gasteiger partial charge in [0.1, 0.15) is 11.2 Å². The first-order valence-corrected chi connectivity index (χ1v) is 17.5. The zero-order valence-electron chi connectivity index (χ0n) is 28.2. The van der Waals surface area contributed by atoms with Crippen molar-refractivity contribution in [3.05, 3.63) is 194 Å². The highest BCUT2D eigenvalue weighted by atomic mass is 16.5. The zero-order valence-corrected chi connectivity index (χ0v) is 28.2. The van der Waals surface area contributed by atoms with Crippen molar-refractivity contribution in [3.63, 3.8) is 0 Å². The SMILES string of the molecule is c1ccc(-c2ccc(N(c3ccc(-c4cccc(N5c6ccccc6Oc6ccccc65)c4)cc3)c3ccc4c(c3)oc3ccccc34)cc2)cc1. The molecule has 8 aromatic carbocycles. The molecule has 1 aliphatic rings. The van der Waals surface area contributed by atoms with E-state index in [4.69, 9.17) is 9.15 Å². The van der Waals surface area contributed by atoms with Gasteiger partial charge in [-0.2, -0.15) is 0 Å². The van der Waals surface area contributed by atoms with Gasteiger partial charge in [0.05, 0.1) is 11.4 Å². The highest BCUT2D eigenvalue weighted by Gasteiger charge is 2.25. The third-order valence-electron chi connectivity index (χ3n) is 9.85. The molecule has 0 radical (unpaired) electrons. The molecule has 52 heavy (non-hydrogen) atoms. The summed E-state index contributed by atoms with van der Waals surface area (Å²) in [6, 6.07) is 67.9. The van der Waals surface area contributed by atoms with Gasteiger partial charge in [-0.1, -0.05) is 109 Å². The molecule has 9 aromatic rings. The van der Waals surface area contributed by atoms with Crippen molar-refractivity contribution in [2.45, 2.75) is 0 Å². The molecule has 0 saturated heterocycles. The molecular weight excluding hydrogens is 637 g/mol. The lowest BCUT2D eigenvalue weighted by atomic mass is 10.0. The van der Waals surface area contributed by atoms with Crippen LogP contribution in [0.1, 0.15) is 0 Å². The molecule has 246 valence electrons. The Labute approximate surface area is 302 Å². The molecule has 0 saturated carbocycles. The minimum atomic E-state index is 0.841. The molecule has 0 atom stereocenters. The van der Waals surface area contributed by atoms with E-state index in [0.29, 0.717) is 0 Å². The van der Waals surface area contributed by atoms with Crippen LogP contribution in [-0.2, 0) is 0 Å². The first kappa shape index (κ1) is 29.8. The van der Waals surface area contributed by atoms with Crippen LogP contribution in [-0.4, -0.2) is 0 Å².